The van der Waals surface area contributed by atoms with Crippen molar-refractivity contribution in [3.05, 3.63) is 0 Å². The van der Waals surface area contributed by atoms with Crippen LogP contribution >= 0.6 is 24.8 Å². The van der Waals surface area contributed by atoms with Gasteiger partial charge in [-0.05, 0) is 51.7 Å². The van der Waals surface area contributed by atoms with Crippen LogP contribution in [-0.2, 0) is 4.79 Å². The van der Waals surface area contributed by atoms with E-state index in [0.29, 0.717) is 11.9 Å². The van der Waals surface area contributed by atoms with Crippen molar-refractivity contribution in [3.8, 4) is 0 Å². The first-order valence-electron chi connectivity index (χ1n) is 8.11. The van der Waals surface area contributed by atoms with E-state index in [-0.39, 0.29) is 30.9 Å². The van der Waals surface area contributed by atoms with Gasteiger partial charge in [-0.2, -0.15) is 0 Å². The number of nitrogens with zero attached hydrogens (tertiary/aromatic N) is 2. The maximum absolute atomic E-state index is 12.5. The molecule has 0 saturated carbocycles. The molecular formula is C15H29Cl2N3O. The Hall–Kier alpha value is -0.0300. The topological polar surface area (TPSA) is 35.6 Å². The van der Waals surface area contributed by atoms with Crippen molar-refractivity contribution in [1.29, 1.82) is 0 Å². The summed E-state index contributed by atoms with van der Waals surface area (Å²) in [5.41, 5.74) is 0. The van der Waals surface area contributed by atoms with E-state index in [0.717, 1.165) is 26.1 Å². The number of halogens is 2. The maximum atomic E-state index is 12.5. The molecule has 3 aliphatic heterocycles. The fourth-order valence-electron chi connectivity index (χ4n) is 3.81. The van der Waals surface area contributed by atoms with E-state index in [1.807, 2.05) is 0 Å². The van der Waals surface area contributed by atoms with Crippen LogP contribution in [0, 0.1) is 0 Å². The van der Waals surface area contributed by atoms with E-state index < -0.39 is 0 Å². The first-order valence-corrected chi connectivity index (χ1v) is 8.11. The zero-order chi connectivity index (χ0) is 13.1. The summed E-state index contributed by atoms with van der Waals surface area (Å²) in [6.07, 6.45) is 8.70. The molecule has 3 heterocycles. The van der Waals surface area contributed by atoms with Gasteiger partial charge in [0.15, 0.2) is 0 Å². The number of hydrogen-bond acceptors (Lipinski definition) is 3. The third-order valence-electron chi connectivity index (χ3n) is 4.99. The number of rotatable bonds is 2. The molecule has 0 spiro atoms. The van der Waals surface area contributed by atoms with Crippen LogP contribution in [0.3, 0.4) is 0 Å². The molecule has 0 aromatic rings. The number of carbonyl (C=O) groups excluding carboxylic acids is 1. The number of piperidine rings is 2. The number of hydrogen-bond donors (Lipinski definition) is 1. The van der Waals surface area contributed by atoms with Crippen molar-refractivity contribution < 1.29 is 4.79 Å². The van der Waals surface area contributed by atoms with E-state index in [4.69, 9.17) is 0 Å². The van der Waals surface area contributed by atoms with Gasteiger partial charge in [-0.1, -0.05) is 12.8 Å². The summed E-state index contributed by atoms with van der Waals surface area (Å²) in [7, 11) is 0. The van der Waals surface area contributed by atoms with Crippen LogP contribution in [0.1, 0.15) is 44.9 Å². The van der Waals surface area contributed by atoms with Crippen LogP contribution in [0.15, 0.2) is 0 Å². The molecule has 3 rings (SSSR count). The second kappa shape index (κ2) is 9.19. The molecule has 2 atom stereocenters. The van der Waals surface area contributed by atoms with Gasteiger partial charge in [-0.15, -0.1) is 24.8 Å². The predicted molar refractivity (Wildman–Crippen MR) is 90.5 cm³/mol. The van der Waals surface area contributed by atoms with Gasteiger partial charge < -0.3 is 10.2 Å². The summed E-state index contributed by atoms with van der Waals surface area (Å²) in [6, 6.07) is 0.738. The van der Waals surface area contributed by atoms with Crippen LogP contribution in [-0.4, -0.2) is 60.5 Å². The first-order chi connectivity index (χ1) is 9.34. The van der Waals surface area contributed by atoms with Crippen LogP contribution in [0.5, 0.6) is 0 Å². The lowest BCUT2D eigenvalue weighted by atomic mass is 10.0. The molecule has 0 radical (unpaired) electrons. The average Bonchev–Trinajstić information content (AvgIpc) is 2.98. The third-order valence-corrected chi connectivity index (χ3v) is 4.99. The fourth-order valence-corrected chi connectivity index (χ4v) is 3.81. The van der Waals surface area contributed by atoms with Crippen molar-refractivity contribution in [1.82, 2.24) is 15.1 Å². The highest BCUT2D eigenvalue weighted by Gasteiger charge is 2.34. The molecule has 0 aromatic heterocycles. The fraction of sp³-hybridized carbons (Fsp3) is 0.933. The van der Waals surface area contributed by atoms with Gasteiger partial charge in [0.25, 0.3) is 0 Å². The lowest BCUT2D eigenvalue weighted by Gasteiger charge is -2.32. The monoisotopic (exact) mass is 337 g/mol. The largest absolute Gasteiger partial charge is 0.340 e. The molecule has 6 heteroatoms. The van der Waals surface area contributed by atoms with Crippen LogP contribution in [0.2, 0.25) is 0 Å². The van der Waals surface area contributed by atoms with Gasteiger partial charge in [-0.3, -0.25) is 9.69 Å². The minimum atomic E-state index is 0. The molecular weight excluding hydrogens is 309 g/mol. The quantitative estimate of drug-likeness (QED) is 0.837. The molecule has 4 nitrogen and oxygen atoms in total. The highest BCUT2D eigenvalue weighted by molar-refractivity contribution is 5.85. The summed E-state index contributed by atoms with van der Waals surface area (Å²) in [4.78, 5) is 17.2. The smallest absolute Gasteiger partial charge is 0.239 e. The highest BCUT2D eigenvalue weighted by atomic mass is 35.5. The van der Waals surface area contributed by atoms with E-state index >= 15 is 0 Å². The van der Waals surface area contributed by atoms with E-state index in [1.165, 1.54) is 51.6 Å². The second-order valence-electron chi connectivity index (χ2n) is 6.33. The van der Waals surface area contributed by atoms with Gasteiger partial charge >= 0.3 is 0 Å². The Labute approximate surface area is 140 Å². The number of amides is 1. The standard InChI is InChI=1S/C15H27N3O.2ClH/c19-15(14-6-2-3-8-16-14)18-11-7-13(12-18)17-9-4-1-5-10-17;;/h13-14,16H,1-12H2;2*1H/t13?,14-;;/m1../s1. The Kier molecular flexibility index (Phi) is 8.32. The number of likely N-dealkylation sites (tertiary alicyclic amines) is 2. The van der Waals surface area contributed by atoms with E-state index in [9.17, 15) is 4.79 Å². The molecule has 0 aliphatic carbocycles. The van der Waals surface area contributed by atoms with Crippen LogP contribution in [0.4, 0.5) is 0 Å². The molecule has 3 saturated heterocycles. The minimum Gasteiger partial charge on any atom is -0.340 e. The summed E-state index contributed by atoms with van der Waals surface area (Å²) in [5, 5.41) is 3.39. The average molecular weight is 338 g/mol. The Bertz CT molecular complexity index is 318. The molecule has 3 fully saturated rings. The second-order valence-corrected chi connectivity index (χ2v) is 6.33. The molecule has 1 unspecified atom stereocenters. The van der Waals surface area contributed by atoms with Crippen molar-refractivity contribution in [2.75, 3.05) is 32.7 Å². The summed E-state index contributed by atoms with van der Waals surface area (Å²) < 4.78 is 0. The van der Waals surface area contributed by atoms with E-state index in [2.05, 4.69) is 15.1 Å². The molecule has 3 aliphatic rings. The Morgan fingerprint density at radius 1 is 0.905 bits per heavy atom. The number of carbonyl (C=O) groups is 1. The molecule has 124 valence electrons. The summed E-state index contributed by atoms with van der Waals surface area (Å²) in [6.45, 7) is 5.44. The Morgan fingerprint density at radius 2 is 1.67 bits per heavy atom. The summed E-state index contributed by atoms with van der Waals surface area (Å²) >= 11 is 0. The molecule has 1 N–H and O–H groups in total. The van der Waals surface area contributed by atoms with Crippen molar-refractivity contribution in [2.24, 2.45) is 0 Å². The molecule has 0 aromatic carbocycles. The lowest BCUT2D eigenvalue weighted by molar-refractivity contribution is -0.133. The van der Waals surface area contributed by atoms with Crippen molar-refractivity contribution in [2.45, 2.75) is 57.0 Å². The maximum Gasteiger partial charge on any atom is 0.239 e. The SMILES string of the molecule is Cl.Cl.O=C([C@H]1CCCCN1)N1CCC(N2CCCCC2)C1. The molecule has 21 heavy (non-hydrogen) atoms. The Balaban J connectivity index is 0.00000110. The van der Waals surface area contributed by atoms with Gasteiger partial charge in [0.05, 0.1) is 6.04 Å². The highest BCUT2D eigenvalue weighted by Crippen LogP contribution is 2.21. The zero-order valence-corrected chi connectivity index (χ0v) is 14.4. The predicted octanol–water partition coefficient (Wildman–Crippen LogP) is 2.06. The van der Waals surface area contributed by atoms with Crippen molar-refractivity contribution in [3.63, 3.8) is 0 Å². The Morgan fingerprint density at radius 3 is 2.33 bits per heavy atom. The minimum absolute atomic E-state index is 0. The van der Waals surface area contributed by atoms with Gasteiger partial charge in [0.1, 0.15) is 0 Å². The molecule has 1 amide bonds. The zero-order valence-electron chi connectivity index (χ0n) is 12.8. The van der Waals surface area contributed by atoms with Crippen LogP contribution < -0.4 is 5.32 Å². The van der Waals surface area contributed by atoms with Crippen molar-refractivity contribution >= 4 is 30.7 Å². The number of nitrogens with one attached hydrogen (secondary N) is 1. The lowest BCUT2D eigenvalue weighted by Crippen LogP contribution is -2.49. The van der Waals surface area contributed by atoms with E-state index in [1.54, 1.807) is 0 Å². The third kappa shape index (κ3) is 4.72. The molecule has 0 bridgehead atoms. The first kappa shape index (κ1) is 19.0. The van der Waals surface area contributed by atoms with Gasteiger partial charge in [0.2, 0.25) is 5.91 Å². The normalized spacial score (nSPS) is 30.4. The summed E-state index contributed by atoms with van der Waals surface area (Å²) in [5.74, 6) is 0.360. The van der Waals surface area contributed by atoms with Gasteiger partial charge in [0, 0.05) is 19.1 Å². The van der Waals surface area contributed by atoms with Crippen LogP contribution in [0.25, 0.3) is 0 Å². The van der Waals surface area contributed by atoms with Gasteiger partial charge in [-0.25, -0.2) is 0 Å².